The Morgan fingerprint density at radius 2 is 1.89 bits per heavy atom. The molecule has 0 spiro atoms. The van der Waals surface area contributed by atoms with Crippen LogP contribution in [0.3, 0.4) is 0 Å². The van der Waals surface area contributed by atoms with Crippen LogP contribution < -0.4 is 4.74 Å². The van der Waals surface area contributed by atoms with Gasteiger partial charge in [-0.3, -0.25) is 0 Å². The Morgan fingerprint density at radius 1 is 1.22 bits per heavy atom. The molecule has 1 aromatic carbocycles. The number of hydrogen-bond donors (Lipinski definition) is 0. The Balaban J connectivity index is 2.12. The summed E-state index contributed by atoms with van der Waals surface area (Å²) in [5.41, 5.74) is 0.607. The minimum atomic E-state index is 0.247. The number of hydrogen-bond acceptors (Lipinski definition) is 2. The van der Waals surface area contributed by atoms with Crippen LogP contribution in [0.4, 0.5) is 0 Å². The Labute approximate surface area is 117 Å². The van der Waals surface area contributed by atoms with Gasteiger partial charge in [0, 0.05) is 4.47 Å². The molecule has 2 unspecified atom stereocenters. The molecule has 0 aliphatic heterocycles. The number of benzene rings is 1. The van der Waals surface area contributed by atoms with Crippen molar-refractivity contribution < 1.29 is 4.74 Å². The molecule has 96 valence electrons. The van der Waals surface area contributed by atoms with Crippen LogP contribution in [0.2, 0.25) is 0 Å². The van der Waals surface area contributed by atoms with Crippen LogP contribution >= 0.6 is 15.9 Å². The van der Waals surface area contributed by atoms with Gasteiger partial charge in [-0.15, -0.1) is 0 Å². The molecule has 0 bridgehead atoms. The van der Waals surface area contributed by atoms with Gasteiger partial charge >= 0.3 is 0 Å². The molecule has 1 aliphatic carbocycles. The summed E-state index contributed by atoms with van der Waals surface area (Å²) in [6, 6.07) is 7.81. The molecule has 0 N–H and O–H groups in total. The van der Waals surface area contributed by atoms with Gasteiger partial charge in [-0.1, -0.05) is 29.8 Å². The van der Waals surface area contributed by atoms with Gasteiger partial charge in [0.1, 0.15) is 11.8 Å². The van der Waals surface area contributed by atoms with Gasteiger partial charge in [0.25, 0.3) is 0 Å². The average Bonchev–Trinajstić information content (AvgIpc) is 2.30. The summed E-state index contributed by atoms with van der Waals surface area (Å²) in [5, 5.41) is 9.13. The fourth-order valence-corrected chi connectivity index (χ4v) is 3.20. The zero-order valence-corrected chi connectivity index (χ0v) is 12.4. The van der Waals surface area contributed by atoms with Crippen LogP contribution in [0.5, 0.6) is 5.75 Å². The van der Waals surface area contributed by atoms with E-state index >= 15 is 0 Å². The zero-order chi connectivity index (χ0) is 13.1. The molecule has 2 atom stereocenters. The summed E-state index contributed by atoms with van der Waals surface area (Å²) >= 11 is 3.37. The summed E-state index contributed by atoms with van der Waals surface area (Å²) in [5.74, 6) is 2.13. The van der Waals surface area contributed by atoms with Crippen LogP contribution in [0.25, 0.3) is 0 Å². The first kappa shape index (κ1) is 13.4. The Bertz CT molecular complexity index is 456. The van der Waals surface area contributed by atoms with Crippen molar-refractivity contribution >= 4 is 15.9 Å². The first-order valence-corrected chi connectivity index (χ1v) is 7.24. The van der Waals surface area contributed by atoms with Gasteiger partial charge in [0.05, 0.1) is 11.7 Å². The maximum Gasteiger partial charge on any atom is 0.137 e. The van der Waals surface area contributed by atoms with Crippen LogP contribution in [-0.4, -0.2) is 6.10 Å². The van der Waals surface area contributed by atoms with Gasteiger partial charge in [-0.25, -0.2) is 0 Å². The lowest BCUT2D eigenvalue weighted by atomic mass is 9.82. The predicted molar refractivity (Wildman–Crippen MR) is 75.5 cm³/mol. The summed E-state index contributed by atoms with van der Waals surface area (Å²) in [6.07, 6.45) is 3.71. The molecule has 0 heterocycles. The quantitative estimate of drug-likeness (QED) is 0.804. The molecule has 1 saturated carbocycles. The van der Waals surface area contributed by atoms with Gasteiger partial charge in [-0.05, 0) is 49.3 Å². The normalized spacial score (nSPS) is 27.6. The third-order valence-corrected chi connectivity index (χ3v) is 3.98. The third kappa shape index (κ3) is 3.26. The second kappa shape index (κ2) is 5.75. The second-order valence-corrected chi connectivity index (χ2v) is 6.33. The number of ether oxygens (including phenoxy) is 1. The van der Waals surface area contributed by atoms with Crippen molar-refractivity contribution in [1.29, 1.82) is 5.26 Å². The number of rotatable bonds is 2. The van der Waals surface area contributed by atoms with Crippen LogP contribution in [0.15, 0.2) is 22.7 Å². The molecule has 1 fully saturated rings. The van der Waals surface area contributed by atoms with E-state index in [9.17, 15) is 0 Å². The predicted octanol–water partition coefficient (Wildman–Crippen LogP) is 4.52. The maximum absolute atomic E-state index is 9.13. The molecular weight excluding hydrogens is 290 g/mol. The molecule has 1 aliphatic rings. The molecule has 1 aromatic rings. The van der Waals surface area contributed by atoms with Crippen molar-refractivity contribution in [3.8, 4) is 11.8 Å². The van der Waals surface area contributed by atoms with E-state index in [1.54, 1.807) is 0 Å². The lowest BCUT2D eigenvalue weighted by Crippen LogP contribution is -2.28. The van der Waals surface area contributed by atoms with Crippen LogP contribution in [-0.2, 0) is 0 Å². The van der Waals surface area contributed by atoms with E-state index < -0.39 is 0 Å². The van der Waals surface area contributed by atoms with E-state index in [1.807, 2.05) is 18.2 Å². The van der Waals surface area contributed by atoms with Crippen molar-refractivity contribution in [1.82, 2.24) is 0 Å². The molecular formula is C15H18BrNO. The monoisotopic (exact) mass is 307 g/mol. The minimum Gasteiger partial charge on any atom is -0.489 e. The van der Waals surface area contributed by atoms with E-state index in [1.165, 1.54) is 6.42 Å². The second-order valence-electron chi connectivity index (χ2n) is 5.41. The van der Waals surface area contributed by atoms with Crippen LogP contribution in [0.1, 0.15) is 38.7 Å². The highest BCUT2D eigenvalue weighted by atomic mass is 79.9. The molecule has 0 amide bonds. The molecule has 3 heteroatoms. The SMILES string of the molecule is CC1CC(C)CC(Oc2ccc(Br)cc2C#N)C1. The molecule has 2 rings (SSSR count). The maximum atomic E-state index is 9.13. The largest absolute Gasteiger partial charge is 0.489 e. The molecule has 0 radical (unpaired) electrons. The molecule has 0 saturated heterocycles. The molecule has 2 nitrogen and oxygen atoms in total. The fourth-order valence-electron chi connectivity index (χ4n) is 2.84. The topological polar surface area (TPSA) is 33.0 Å². The average molecular weight is 308 g/mol. The van der Waals surface area contributed by atoms with E-state index in [0.717, 1.165) is 17.3 Å². The van der Waals surface area contributed by atoms with Gasteiger partial charge < -0.3 is 4.74 Å². The first-order valence-electron chi connectivity index (χ1n) is 6.44. The lowest BCUT2D eigenvalue weighted by Gasteiger charge is -2.31. The van der Waals surface area contributed by atoms with E-state index in [-0.39, 0.29) is 6.10 Å². The zero-order valence-electron chi connectivity index (χ0n) is 10.8. The molecule has 0 aromatic heterocycles. The van der Waals surface area contributed by atoms with E-state index in [0.29, 0.717) is 23.1 Å². The van der Waals surface area contributed by atoms with Gasteiger partial charge in [0.15, 0.2) is 0 Å². The first-order chi connectivity index (χ1) is 8.58. The Kier molecular flexibility index (Phi) is 4.29. The highest BCUT2D eigenvalue weighted by Crippen LogP contribution is 2.32. The minimum absolute atomic E-state index is 0.247. The summed E-state index contributed by atoms with van der Waals surface area (Å²) in [6.45, 7) is 4.55. The highest BCUT2D eigenvalue weighted by molar-refractivity contribution is 9.10. The van der Waals surface area contributed by atoms with Gasteiger partial charge in [-0.2, -0.15) is 5.26 Å². The van der Waals surface area contributed by atoms with Gasteiger partial charge in [0.2, 0.25) is 0 Å². The lowest BCUT2D eigenvalue weighted by molar-refractivity contribution is 0.101. The van der Waals surface area contributed by atoms with Crippen LogP contribution in [0, 0.1) is 23.2 Å². The number of nitriles is 1. The highest BCUT2D eigenvalue weighted by Gasteiger charge is 2.25. The Hall–Kier alpha value is -1.01. The summed E-state index contributed by atoms with van der Waals surface area (Å²) in [7, 11) is 0. The van der Waals surface area contributed by atoms with Crippen molar-refractivity contribution in [2.45, 2.75) is 39.2 Å². The molecule has 18 heavy (non-hydrogen) atoms. The van der Waals surface area contributed by atoms with Crippen molar-refractivity contribution in [2.24, 2.45) is 11.8 Å². The van der Waals surface area contributed by atoms with Crippen molar-refractivity contribution in [2.75, 3.05) is 0 Å². The standard InChI is InChI=1S/C15H18BrNO/c1-10-5-11(2)7-14(6-10)18-15-4-3-13(16)8-12(15)9-17/h3-4,8,10-11,14H,5-7H2,1-2H3. The van der Waals surface area contributed by atoms with Crippen molar-refractivity contribution in [3.63, 3.8) is 0 Å². The summed E-state index contributed by atoms with van der Waals surface area (Å²) in [4.78, 5) is 0. The van der Waals surface area contributed by atoms with E-state index in [4.69, 9.17) is 10.00 Å². The fraction of sp³-hybridized carbons (Fsp3) is 0.533. The number of nitrogens with zero attached hydrogens (tertiary/aromatic N) is 1. The smallest absolute Gasteiger partial charge is 0.137 e. The Morgan fingerprint density at radius 3 is 2.50 bits per heavy atom. The third-order valence-electron chi connectivity index (χ3n) is 3.49. The van der Waals surface area contributed by atoms with E-state index in [2.05, 4.69) is 35.8 Å². The summed E-state index contributed by atoms with van der Waals surface area (Å²) < 4.78 is 6.94. The van der Waals surface area contributed by atoms with Crippen molar-refractivity contribution in [3.05, 3.63) is 28.2 Å². The number of halogens is 1.